The van der Waals surface area contributed by atoms with Crippen molar-refractivity contribution in [1.82, 2.24) is 4.90 Å². The van der Waals surface area contributed by atoms with Crippen LogP contribution in [0.5, 0.6) is 0 Å². The van der Waals surface area contributed by atoms with Gasteiger partial charge in [0, 0.05) is 12.6 Å². The van der Waals surface area contributed by atoms with Gasteiger partial charge in [-0.25, -0.2) is 0 Å². The molecule has 0 radical (unpaired) electrons. The van der Waals surface area contributed by atoms with Gasteiger partial charge in [0.25, 0.3) is 0 Å². The van der Waals surface area contributed by atoms with Gasteiger partial charge in [-0.3, -0.25) is 4.90 Å². The highest BCUT2D eigenvalue weighted by atomic mass is 15.2. The molecular weight excluding hydrogens is 232 g/mol. The highest BCUT2D eigenvalue weighted by molar-refractivity contribution is 5.16. The second-order valence-corrected chi connectivity index (χ2v) is 5.82. The highest BCUT2D eigenvalue weighted by Gasteiger charge is 2.21. The van der Waals surface area contributed by atoms with Crippen molar-refractivity contribution in [2.24, 2.45) is 11.7 Å². The van der Waals surface area contributed by atoms with Crippen molar-refractivity contribution in [3.63, 3.8) is 0 Å². The molecule has 2 heteroatoms. The zero-order chi connectivity index (χ0) is 13.5. The number of rotatable bonds is 5. The fourth-order valence-corrected chi connectivity index (χ4v) is 3.21. The molecular formula is C17H28N2. The van der Waals surface area contributed by atoms with Crippen molar-refractivity contribution in [3.8, 4) is 0 Å². The summed E-state index contributed by atoms with van der Waals surface area (Å²) in [4.78, 5) is 2.63. The van der Waals surface area contributed by atoms with E-state index in [-0.39, 0.29) is 0 Å². The third-order valence-electron chi connectivity index (χ3n) is 4.56. The van der Waals surface area contributed by atoms with Crippen molar-refractivity contribution in [3.05, 3.63) is 35.9 Å². The lowest BCUT2D eigenvalue weighted by Gasteiger charge is -2.30. The largest absolute Gasteiger partial charge is 0.329 e. The molecule has 1 aliphatic heterocycles. The summed E-state index contributed by atoms with van der Waals surface area (Å²) in [5.41, 5.74) is 7.44. The van der Waals surface area contributed by atoms with Gasteiger partial charge in [0.15, 0.2) is 0 Å². The van der Waals surface area contributed by atoms with E-state index in [2.05, 4.69) is 42.2 Å². The Labute approximate surface area is 118 Å². The first-order valence-electron chi connectivity index (χ1n) is 7.81. The van der Waals surface area contributed by atoms with Gasteiger partial charge in [0.1, 0.15) is 0 Å². The van der Waals surface area contributed by atoms with E-state index < -0.39 is 0 Å². The van der Waals surface area contributed by atoms with Crippen LogP contribution in [0, 0.1) is 5.92 Å². The van der Waals surface area contributed by atoms with E-state index in [0.717, 1.165) is 18.9 Å². The molecule has 2 N–H and O–H groups in total. The average molecular weight is 260 g/mol. The van der Waals surface area contributed by atoms with Crippen LogP contribution in [0.25, 0.3) is 0 Å². The molecule has 1 fully saturated rings. The van der Waals surface area contributed by atoms with Gasteiger partial charge in [-0.15, -0.1) is 0 Å². The number of hydrogen-bond donors (Lipinski definition) is 1. The van der Waals surface area contributed by atoms with E-state index in [9.17, 15) is 0 Å². The molecule has 0 saturated carbocycles. The second-order valence-electron chi connectivity index (χ2n) is 5.82. The molecule has 1 heterocycles. The third kappa shape index (κ3) is 4.32. The summed E-state index contributed by atoms with van der Waals surface area (Å²) in [7, 11) is 0. The number of benzene rings is 1. The van der Waals surface area contributed by atoms with Gasteiger partial charge in [-0.1, -0.05) is 43.7 Å². The van der Waals surface area contributed by atoms with E-state index in [0.29, 0.717) is 6.04 Å². The highest BCUT2D eigenvalue weighted by Crippen LogP contribution is 2.22. The maximum Gasteiger partial charge on any atom is 0.0258 e. The molecule has 0 bridgehead atoms. The van der Waals surface area contributed by atoms with Crippen LogP contribution < -0.4 is 5.73 Å². The van der Waals surface area contributed by atoms with Crippen LogP contribution in [0.3, 0.4) is 0 Å². The summed E-state index contributed by atoms with van der Waals surface area (Å²) < 4.78 is 0. The Bertz CT molecular complexity index is 350. The Morgan fingerprint density at radius 1 is 1.21 bits per heavy atom. The number of likely N-dealkylation sites (tertiary alicyclic amines) is 1. The quantitative estimate of drug-likeness (QED) is 0.881. The molecule has 2 nitrogen and oxygen atoms in total. The second kappa shape index (κ2) is 7.66. The summed E-state index contributed by atoms with van der Waals surface area (Å²) in [6.45, 7) is 5.55. The molecule has 0 aliphatic carbocycles. The summed E-state index contributed by atoms with van der Waals surface area (Å²) in [6, 6.07) is 11.3. The Balaban J connectivity index is 1.93. The van der Waals surface area contributed by atoms with Crippen molar-refractivity contribution in [2.45, 2.75) is 45.1 Å². The van der Waals surface area contributed by atoms with Gasteiger partial charge in [-0.2, -0.15) is 0 Å². The van der Waals surface area contributed by atoms with E-state index in [1.165, 1.54) is 44.3 Å². The molecule has 106 valence electrons. The Hall–Kier alpha value is -0.860. The van der Waals surface area contributed by atoms with Crippen LogP contribution in [0.1, 0.15) is 38.2 Å². The standard InChI is InChI=1S/C17H28N2/c1-2-15-9-6-11-19(12-10-15)17(14-18)13-16-7-4-3-5-8-16/h3-5,7-8,15,17H,2,6,9-14,18H2,1H3. The van der Waals surface area contributed by atoms with Crippen molar-refractivity contribution in [1.29, 1.82) is 0 Å². The van der Waals surface area contributed by atoms with Gasteiger partial charge in [-0.05, 0) is 50.3 Å². The van der Waals surface area contributed by atoms with E-state index >= 15 is 0 Å². The first-order valence-corrected chi connectivity index (χ1v) is 7.81. The molecule has 0 spiro atoms. The first kappa shape index (κ1) is 14.5. The maximum absolute atomic E-state index is 6.03. The molecule has 2 rings (SSSR count). The summed E-state index contributed by atoms with van der Waals surface area (Å²) in [6.07, 6.45) is 6.51. The Morgan fingerprint density at radius 3 is 2.68 bits per heavy atom. The average Bonchev–Trinajstić information content (AvgIpc) is 2.71. The van der Waals surface area contributed by atoms with Crippen LogP contribution in [0.4, 0.5) is 0 Å². The fraction of sp³-hybridized carbons (Fsp3) is 0.647. The molecule has 1 aromatic carbocycles. The Morgan fingerprint density at radius 2 is 2.00 bits per heavy atom. The minimum absolute atomic E-state index is 0.512. The molecule has 1 aliphatic rings. The predicted molar refractivity (Wildman–Crippen MR) is 82.2 cm³/mol. The van der Waals surface area contributed by atoms with Gasteiger partial charge >= 0.3 is 0 Å². The van der Waals surface area contributed by atoms with Crippen LogP contribution in [-0.2, 0) is 6.42 Å². The summed E-state index contributed by atoms with van der Waals surface area (Å²) >= 11 is 0. The summed E-state index contributed by atoms with van der Waals surface area (Å²) in [5, 5.41) is 0. The molecule has 0 amide bonds. The number of hydrogen-bond acceptors (Lipinski definition) is 2. The van der Waals surface area contributed by atoms with Gasteiger partial charge < -0.3 is 5.73 Å². The minimum atomic E-state index is 0.512. The van der Waals surface area contributed by atoms with Crippen molar-refractivity contribution >= 4 is 0 Å². The lowest BCUT2D eigenvalue weighted by atomic mass is 9.98. The van der Waals surface area contributed by atoms with E-state index in [1.807, 2.05) is 0 Å². The van der Waals surface area contributed by atoms with Crippen molar-refractivity contribution < 1.29 is 0 Å². The first-order chi connectivity index (χ1) is 9.33. The van der Waals surface area contributed by atoms with Crippen LogP contribution in [-0.4, -0.2) is 30.6 Å². The number of nitrogens with two attached hydrogens (primary N) is 1. The lowest BCUT2D eigenvalue weighted by molar-refractivity contribution is 0.203. The lowest BCUT2D eigenvalue weighted by Crippen LogP contribution is -2.42. The molecule has 2 unspecified atom stereocenters. The van der Waals surface area contributed by atoms with Gasteiger partial charge in [0.05, 0.1) is 0 Å². The van der Waals surface area contributed by atoms with Crippen LogP contribution in [0.15, 0.2) is 30.3 Å². The van der Waals surface area contributed by atoms with E-state index in [1.54, 1.807) is 0 Å². The molecule has 2 atom stereocenters. The normalized spacial score (nSPS) is 22.9. The van der Waals surface area contributed by atoms with Crippen LogP contribution >= 0.6 is 0 Å². The monoisotopic (exact) mass is 260 g/mol. The smallest absolute Gasteiger partial charge is 0.0258 e. The molecule has 1 aromatic rings. The van der Waals surface area contributed by atoms with Crippen molar-refractivity contribution in [2.75, 3.05) is 19.6 Å². The summed E-state index contributed by atoms with van der Waals surface area (Å²) in [5.74, 6) is 0.931. The fourth-order valence-electron chi connectivity index (χ4n) is 3.21. The molecule has 19 heavy (non-hydrogen) atoms. The maximum atomic E-state index is 6.03. The molecule has 0 aromatic heterocycles. The zero-order valence-corrected chi connectivity index (χ0v) is 12.2. The third-order valence-corrected chi connectivity index (χ3v) is 4.56. The van der Waals surface area contributed by atoms with Gasteiger partial charge in [0.2, 0.25) is 0 Å². The topological polar surface area (TPSA) is 29.3 Å². The minimum Gasteiger partial charge on any atom is -0.329 e. The zero-order valence-electron chi connectivity index (χ0n) is 12.2. The van der Waals surface area contributed by atoms with Crippen LogP contribution in [0.2, 0.25) is 0 Å². The molecule has 1 saturated heterocycles. The Kier molecular flexibility index (Phi) is 5.87. The van der Waals surface area contributed by atoms with E-state index in [4.69, 9.17) is 5.73 Å². The SMILES string of the molecule is CCC1CCCN(C(CN)Cc2ccccc2)CC1. The predicted octanol–water partition coefficient (Wildman–Crippen LogP) is 3.07. The number of nitrogens with zero attached hydrogens (tertiary/aromatic N) is 1.